The van der Waals surface area contributed by atoms with Crippen molar-refractivity contribution in [3.05, 3.63) is 45.7 Å². The molecule has 2 heterocycles. The maximum Gasteiger partial charge on any atom is 0.434 e. The molecule has 5 nitrogen and oxygen atoms in total. The second kappa shape index (κ2) is 8.98. The molecule has 1 unspecified atom stereocenters. The van der Waals surface area contributed by atoms with Crippen molar-refractivity contribution in [2.45, 2.75) is 38.5 Å². The molecule has 1 fully saturated rings. The highest BCUT2D eigenvalue weighted by atomic mass is 32.1. The molecule has 0 radical (unpaired) electrons. The number of halogens is 4. The van der Waals surface area contributed by atoms with Crippen molar-refractivity contribution in [2.24, 2.45) is 4.99 Å². The van der Waals surface area contributed by atoms with Crippen LogP contribution in [0.5, 0.6) is 0 Å². The largest absolute Gasteiger partial charge is 0.434 e. The van der Waals surface area contributed by atoms with Gasteiger partial charge in [0.05, 0.1) is 6.54 Å². The highest BCUT2D eigenvalue weighted by molar-refractivity contribution is 7.09. The second-order valence-electron chi connectivity index (χ2n) is 6.91. The number of piperidine rings is 1. The van der Waals surface area contributed by atoms with E-state index in [4.69, 9.17) is 0 Å². The van der Waals surface area contributed by atoms with Crippen LogP contribution >= 0.6 is 11.3 Å². The molecule has 2 N–H and O–H groups in total. The lowest BCUT2D eigenvalue weighted by molar-refractivity contribution is -0.140. The summed E-state index contributed by atoms with van der Waals surface area (Å²) in [4.78, 5) is 9.98. The Bertz CT molecular complexity index is 865. The summed E-state index contributed by atoms with van der Waals surface area (Å²) in [6.07, 6.45) is -2.53. The number of nitrogens with one attached hydrogen (secondary N) is 2. The number of hydrogen-bond acceptors (Lipinski definition) is 4. The Kier molecular flexibility index (Phi) is 6.61. The van der Waals surface area contributed by atoms with Crippen LogP contribution in [0.1, 0.15) is 29.1 Å². The van der Waals surface area contributed by atoms with E-state index < -0.39 is 11.9 Å². The van der Waals surface area contributed by atoms with Gasteiger partial charge in [-0.15, -0.1) is 11.3 Å². The fourth-order valence-electron chi connectivity index (χ4n) is 3.36. The molecule has 29 heavy (non-hydrogen) atoms. The Morgan fingerprint density at radius 2 is 2.17 bits per heavy atom. The van der Waals surface area contributed by atoms with Gasteiger partial charge in [-0.3, -0.25) is 4.99 Å². The van der Waals surface area contributed by atoms with Crippen LogP contribution in [0, 0.1) is 12.7 Å². The van der Waals surface area contributed by atoms with E-state index in [0.717, 1.165) is 53.9 Å². The van der Waals surface area contributed by atoms with Crippen LogP contribution in [-0.4, -0.2) is 37.1 Å². The molecule has 158 valence electrons. The topological polar surface area (TPSA) is 52.6 Å². The predicted molar refractivity (Wildman–Crippen MR) is 107 cm³/mol. The van der Waals surface area contributed by atoms with Gasteiger partial charge in [0.1, 0.15) is 10.8 Å². The molecule has 10 heteroatoms. The van der Waals surface area contributed by atoms with E-state index in [-0.39, 0.29) is 18.4 Å². The number of anilines is 1. The van der Waals surface area contributed by atoms with Gasteiger partial charge in [0, 0.05) is 37.2 Å². The number of guanidine groups is 1. The smallest absolute Gasteiger partial charge is 0.369 e. The minimum absolute atomic E-state index is 0.112. The standard InChI is InChI=1S/C19H23F4N5S/c1-12-8-13(20)5-6-15(12)28-7-3-4-14(10-28)26-18(24-2)25-9-17-27-16(11-29-17)19(21,22)23/h5-6,8,11,14H,3-4,7,9-10H2,1-2H3,(H2,24,25,26). The third-order valence-electron chi connectivity index (χ3n) is 4.73. The summed E-state index contributed by atoms with van der Waals surface area (Å²) in [5.41, 5.74) is 1.01. The maximum absolute atomic E-state index is 13.4. The minimum Gasteiger partial charge on any atom is -0.369 e. The average molecular weight is 429 g/mol. The van der Waals surface area contributed by atoms with Crippen molar-refractivity contribution in [2.75, 3.05) is 25.0 Å². The number of benzene rings is 1. The van der Waals surface area contributed by atoms with Gasteiger partial charge in [-0.25, -0.2) is 9.37 Å². The Labute approximate surface area is 170 Å². The molecule has 1 aromatic heterocycles. The fourth-order valence-corrected chi connectivity index (χ4v) is 4.10. The molecule has 3 rings (SSSR count). The summed E-state index contributed by atoms with van der Waals surface area (Å²) in [6, 6.07) is 4.89. The molecule has 1 atom stereocenters. The van der Waals surface area contributed by atoms with Crippen LogP contribution < -0.4 is 15.5 Å². The average Bonchev–Trinajstić information content (AvgIpc) is 3.15. The summed E-state index contributed by atoms with van der Waals surface area (Å²) < 4.78 is 51.4. The van der Waals surface area contributed by atoms with Crippen LogP contribution in [0.25, 0.3) is 0 Å². The van der Waals surface area contributed by atoms with E-state index in [1.54, 1.807) is 13.1 Å². The molecule has 0 amide bonds. The van der Waals surface area contributed by atoms with Crippen LogP contribution in [0.3, 0.4) is 0 Å². The van der Waals surface area contributed by atoms with Gasteiger partial charge in [-0.1, -0.05) is 0 Å². The zero-order valence-electron chi connectivity index (χ0n) is 16.2. The normalized spacial score (nSPS) is 18.1. The van der Waals surface area contributed by atoms with Crippen molar-refractivity contribution >= 4 is 23.0 Å². The number of aromatic nitrogens is 1. The van der Waals surface area contributed by atoms with Gasteiger partial charge in [0.15, 0.2) is 11.7 Å². The van der Waals surface area contributed by atoms with E-state index in [1.165, 1.54) is 12.1 Å². The molecule has 0 spiro atoms. The van der Waals surface area contributed by atoms with E-state index in [0.29, 0.717) is 11.0 Å². The van der Waals surface area contributed by atoms with Crippen molar-refractivity contribution in [3.63, 3.8) is 0 Å². The van der Waals surface area contributed by atoms with Crippen molar-refractivity contribution in [1.82, 2.24) is 15.6 Å². The molecule has 0 aliphatic carbocycles. The number of hydrogen-bond donors (Lipinski definition) is 2. The summed E-state index contributed by atoms with van der Waals surface area (Å²) in [7, 11) is 1.61. The number of thiazole rings is 1. The zero-order valence-corrected chi connectivity index (χ0v) is 17.0. The van der Waals surface area contributed by atoms with Crippen molar-refractivity contribution in [3.8, 4) is 0 Å². The predicted octanol–water partition coefficient (Wildman–Crippen LogP) is 3.94. The molecule has 1 aromatic carbocycles. The zero-order chi connectivity index (χ0) is 21.0. The summed E-state index contributed by atoms with van der Waals surface area (Å²) in [5, 5.41) is 7.70. The van der Waals surface area contributed by atoms with Crippen LogP contribution in [0.15, 0.2) is 28.6 Å². The van der Waals surface area contributed by atoms with Crippen LogP contribution in [0.2, 0.25) is 0 Å². The lowest BCUT2D eigenvalue weighted by atomic mass is 10.0. The molecule has 0 bridgehead atoms. The Morgan fingerprint density at radius 1 is 1.38 bits per heavy atom. The Morgan fingerprint density at radius 3 is 2.83 bits per heavy atom. The quantitative estimate of drug-likeness (QED) is 0.439. The first-order chi connectivity index (χ1) is 13.8. The third-order valence-corrected chi connectivity index (χ3v) is 5.58. The first kappa shape index (κ1) is 21.4. The van der Waals surface area contributed by atoms with Gasteiger partial charge < -0.3 is 15.5 Å². The molecule has 1 aliphatic heterocycles. The van der Waals surface area contributed by atoms with Gasteiger partial charge in [0.2, 0.25) is 0 Å². The molecule has 0 saturated carbocycles. The minimum atomic E-state index is -4.43. The highest BCUT2D eigenvalue weighted by Crippen LogP contribution is 2.30. The van der Waals surface area contributed by atoms with E-state index >= 15 is 0 Å². The molecule has 1 aliphatic rings. The number of nitrogens with zero attached hydrogens (tertiary/aromatic N) is 3. The van der Waals surface area contributed by atoms with Gasteiger partial charge in [-0.05, 0) is 43.5 Å². The Hall–Kier alpha value is -2.36. The molecular weight excluding hydrogens is 406 g/mol. The SMILES string of the molecule is CN=C(NCc1nc(C(F)(F)F)cs1)NC1CCCN(c2ccc(F)cc2C)C1. The molecular formula is C19H23F4N5S. The first-order valence-electron chi connectivity index (χ1n) is 9.26. The van der Waals surface area contributed by atoms with E-state index in [1.807, 2.05) is 6.92 Å². The van der Waals surface area contributed by atoms with Gasteiger partial charge in [-0.2, -0.15) is 13.2 Å². The lowest BCUT2D eigenvalue weighted by Gasteiger charge is -2.36. The first-order valence-corrected chi connectivity index (χ1v) is 10.1. The van der Waals surface area contributed by atoms with Crippen molar-refractivity contribution in [1.29, 1.82) is 0 Å². The van der Waals surface area contributed by atoms with E-state index in [9.17, 15) is 17.6 Å². The van der Waals surface area contributed by atoms with Crippen LogP contribution in [0.4, 0.5) is 23.2 Å². The number of aliphatic imine (C=N–C) groups is 1. The number of aryl methyl sites for hydroxylation is 1. The molecule has 1 saturated heterocycles. The summed E-state index contributed by atoms with van der Waals surface area (Å²) in [6.45, 7) is 3.66. The highest BCUT2D eigenvalue weighted by Gasteiger charge is 2.33. The Balaban J connectivity index is 1.57. The summed E-state index contributed by atoms with van der Waals surface area (Å²) >= 11 is 0.960. The van der Waals surface area contributed by atoms with Gasteiger partial charge in [0.25, 0.3) is 0 Å². The number of rotatable bonds is 4. The summed E-state index contributed by atoms with van der Waals surface area (Å²) in [5.74, 6) is 0.259. The van der Waals surface area contributed by atoms with Gasteiger partial charge >= 0.3 is 6.18 Å². The van der Waals surface area contributed by atoms with E-state index in [2.05, 4.69) is 25.5 Å². The fraction of sp³-hybridized carbons (Fsp3) is 0.474. The molecule has 2 aromatic rings. The van der Waals surface area contributed by atoms with Crippen LogP contribution in [-0.2, 0) is 12.7 Å². The monoisotopic (exact) mass is 429 g/mol. The third kappa shape index (κ3) is 5.59. The maximum atomic E-state index is 13.4. The second-order valence-corrected chi connectivity index (χ2v) is 7.85. The number of alkyl halides is 3. The lowest BCUT2D eigenvalue weighted by Crippen LogP contribution is -2.51. The van der Waals surface area contributed by atoms with Crippen molar-refractivity contribution < 1.29 is 17.6 Å².